The smallest absolute Gasteiger partial charge is 0.243 e. The van der Waals surface area contributed by atoms with Gasteiger partial charge >= 0.3 is 0 Å². The molecular formula is C17H18N4O3S. The predicted molar refractivity (Wildman–Crippen MR) is 95.2 cm³/mol. The minimum absolute atomic E-state index is 0.107. The summed E-state index contributed by atoms with van der Waals surface area (Å²) in [6, 6.07) is 12.0. The molecule has 0 aliphatic carbocycles. The first-order valence-electron chi connectivity index (χ1n) is 7.90. The second-order valence-corrected chi connectivity index (χ2v) is 8.16. The number of likely N-dealkylation sites (N-methyl/N-ethyl adjacent to an activating group) is 1. The van der Waals surface area contributed by atoms with E-state index < -0.39 is 10.0 Å². The second-order valence-electron chi connectivity index (χ2n) is 6.22. The SMILES string of the molecule is CN(c1ccc(O)cc1)C1CN(S(=O)(=O)c2ccc3cn[nH]c3c2)C1. The summed E-state index contributed by atoms with van der Waals surface area (Å²) in [5.74, 6) is 0.212. The number of aromatic nitrogens is 2. The normalized spacial score (nSPS) is 16.0. The molecule has 0 spiro atoms. The van der Waals surface area contributed by atoms with Crippen LogP contribution in [0.4, 0.5) is 5.69 Å². The topological polar surface area (TPSA) is 89.5 Å². The molecule has 7 nitrogen and oxygen atoms in total. The van der Waals surface area contributed by atoms with Gasteiger partial charge in [-0.15, -0.1) is 0 Å². The highest BCUT2D eigenvalue weighted by molar-refractivity contribution is 7.89. The zero-order chi connectivity index (χ0) is 17.6. The molecule has 2 heterocycles. The third-order valence-electron chi connectivity index (χ3n) is 4.68. The lowest BCUT2D eigenvalue weighted by Crippen LogP contribution is -2.60. The van der Waals surface area contributed by atoms with Gasteiger partial charge in [0.15, 0.2) is 0 Å². The van der Waals surface area contributed by atoms with Gasteiger partial charge < -0.3 is 10.0 Å². The number of fused-ring (bicyclic) bond motifs is 1. The predicted octanol–water partition coefficient (Wildman–Crippen LogP) is 1.78. The van der Waals surface area contributed by atoms with Crippen LogP contribution in [0.3, 0.4) is 0 Å². The fourth-order valence-corrected chi connectivity index (χ4v) is 4.52. The number of hydrogen-bond donors (Lipinski definition) is 2. The van der Waals surface area contributed by atoms with Crippen LogP contribution in [0.2, 0.25) is 0 Å². The Morgan fingerprint density at radius 1 is 1.20 bits per heavy atom. The molecule has 1 aliphatic heterocycles. The largest absolute Gasteiger partial charge is 0.508 e. The average molecular weight is 358 g/mol. The quantitative estimate of drug-likeness (QED) is 0.742. The number of anilines is 1. The molecule has 0 bridgehead atoms. The average Bonchev–Trinajstić information content (AvgIpc) is 3.01. The fourth-order valence-electron chi connectivity index (χ4n) is 2.98. The number of rotatable bonds is 4. The van der Waals surface area contributed by atoms with Gasteiger partial charge in [0.1, 0.15) is 5.75 Å². The zero-order valence-electron chi connectivity index (χ0n) is 13.6. The molecule has 2 N–H and O–H groups in total. The Hall–Kier alpha value is -2.58. The number of H-pyrrole nitrogens is 1. The highest BCUT2D eigenvalue weighted by atomic mass is 32.2. The molecule has 1 saturated heterocycles. The first-order chi connectivity index (χ1) is 11.9. The van der Waals surface area contributed by atoms with Crippen molar-refractivity contribution in [3.05, 3.63) is 48.7 Å². The van der Waals surface area contributed by atoms with Crippen LogP contribution in [0.1, 0.15) is 0 Å². The van der Waals surface area contributed by atoms with Crippen molar-refractivity contribution in [3.8, 4) is 5.75 Å². The summed E-state index contributed by atoms with van der Waals surface area (Å²) < 4.78 is 27.0. The van der Waals surface area contributed by atoms with E-state index in [0.717, 1.165) is 11.1 Å². The summed E-state index contributed by atoms with van der Waals surface area (Å²) in [4.78, 5) is 2.30. The van der Waals surface area contributed by atoms with Gasteiger partial charge in [0.2, 0.25) is 10.0 Å². The number of nitrogens with one attached hydrogen (secondary N) is 1. The van der Waals surface area contributed by atoms with Crippen molar-refractivity contribution in [1.29, 1.82) is 0 Å². The molecule has 0 unspecified atom stereocenters. The molecular weight excluding hydrogens is 340 g/mol. The molecule has 1 fully saturated rings. The van der Waals surface area contributed by atoms with E-state index in [9.17, 15) is 13.5 Å². The Balaban J connectivity index is 1.49. The number of phenolic OH excluding ortho intramolecular Hbond substituents is 1. The first-order valence-corrected chi connectivity index (χ1v) is 9.34. The van der Waals surface area contributed by atoms with Crippen LogP contribution in [0.15, 0.2) is 53.6 Å². The highest BCUT2D eigenvalue weighted by Gasteiger charge is 2.38. The molecule has 2 aromatic carbocycles. The van der Waals surface area contributed by atoms with Gasteiger partial charge in [-0.2, -0.15) is 9.40 Å². The summed E-state index contributed by atoms with van der Waals surface area (Å²) in [5.41, 5.74) is 1.65. The fraction of sp³-hybridized carbons (Fsp3) is 0.235. The van der Waals surface area contributed by atoms with Crippen LogP contribution in [0.25, 0.3) is 10.9 Å². The van der Waals surface area contributed by atoms with Crippen molar-refractivity contribution in [2.24, 2.45) is 0 Å². The molecule has 130 valence electrons. The Labute approximate surface area is 145 Å². The van der Waals surface area contributed by atoms with Crippen LogP contribution in [-0.4, -0.2) is 54.2 Å². The Bertz CT molecular complexity index is 1010. The van der Waals surface area contributed by atoms with Gasteiger partial charge in [-0.25, -0.2) is 8.42 Å². The standard InChI is InChI=1S/C17H18N4O3S/c1-20(13-3-5-15(22)6-4-13)14-10-21(11-14)25(23,24)16-7-2-12-9-18-19-17(12)8-16/h2-9,14,22H,10-11H2,1H3,(H,18,19). The lowest BCUT2D eigenvalue weighted by molar-refractivity contribution is 0.259. The maximum absolute atomic E-state index is 12.8. The lowest BCUT2D eigenvalue weighted by atomic mass is 10.1. The highest BCUT2D eigenvalue weighted by Crippen LogP contribution is 2.28. The lowest BCUT2D eigenvalue weighted by Gasteiger charge is -2.43. The minimum atomic E-state index is -3.51. The summed E-state index contributed by atoms with van der Waals surface area (Å²) in [6.45, 7) is 0.863. The Morgan fingerprint density at radius 3 is 2.64 bits per heavy atom. The molecule has 1 aliphatic rings. The number of nitrogens with zero attached hydrogens (tertiary/aromatic N) is 3. The minimum Gasteiger partial charge on any atom is -0.508 e. The molecule has 0 saturated carbocycles. The second kappa shape index (κ2) is 5.75. The molecule has 1 aromatic heterocycles. The maximum atomic E-state index is 12.8. The van der Waals surface area contributed by atoms with Crippen LogP contribution in [0.5, 0.6) is 5.75 Å². The third-order valence-corrected chi connectivity index (χ3v) is 6.51. The van der Waals surface area contributed by atoms with Gasteiger partial charge in [0.05, 0.1) is 22.7 Å². The van der Waals surface area contributed by atoms with E-state index in [0.29, 0.717) is 18.6 Å². The van der Waals surface area contributed by atoms with Crippen molar-refractivity contribution >= 4 is 26.6 Å². The Kier molecular flexibility index (Phi) is 3.66. The van der Waals surface area contributed by atoms with E-state index >= 15 is 0 Å². The number of sulfonamides is 1. The van der Waals surface area contributed by atoms with Crippen molar-refractivity contribution in [2.45, 2.75) is 10.9 Å². The van der Waals surface area contributed by atoms with Crippen molar-refractivity contribution < 1.29 is 13.5 Å². The number of aromatic hydroxyl groups is 1. The number of hydrogen-bond acceptors (Lipinski definition) is 5. The summed E-state index contributed by atoms with van der Waals surface area (Å²) in [7, 11) is -1.58. The molecule has 25 heavy (non-hydrogen) atoms. The van der Waals surface area contributed by atoms with E-state index in [1.165, 1.54) is 4.31 Å². The van der Waals surface area contributed by atoms with Crippen molar-refractivity contribution in [2.75, 3.05) is 25.0 Å². The molecule has 0 amide bonds. The van der Waals surface area contributed by atoms with Gasteiger partial charge in [0.25, 0.3) is 0 Å². The van der Waals surface area contributed by atoms with Crippen LogP contribution < -0.4 is 4.90 Å². The van der Waals surface area contributed by atoms with Crippen molar-refractivity contribution in [3.63, 3.8) is 0 Å². The molecule has 0 radical (unpaired) electrons. The number of benzene rings is 2. The van der Waals surface area contributed by atoms with Gasteiger partial charge in [-0.3, -0.25) is 5.10 Å². The first kappa shape index (κ1) is 15.9. The summed E-state index contributed by atoms with van der Waals surface area (Å²) in [5, 5.41) is 17.0. The van der Waals surface area contributed by atoms with Gasteiger partial charge in [-0.05, 0) is 42.5 Å². The van der Waals surface area contributed by atoms with E-state index in [1.807, 2.05) is 24.1 Å². The molecule has 8 heteroatoms. The molecule has 4 rings (SSSR count). The van der Waals surface area contributed by atoms with E-state index in [-0.39, 0.29) is 16.7 Å². The summed E-state index contributed by atoms with van der Waals surface area (Å²) >= 11 is 0. The summed E-state index contributed by atoms with van der Waals surface area (Å²) in [6.07, 6.45) is 1.66. The zero-order valence-corrected chi connectivity index (χ0v) is 14.4. The van der Waals surface area contributed by atoms with Crippen LogP contribution >= 0.6 is 0 Å². The monoisotopic (exact) mass is 358 g/mol. The Morgan fingerprint density at radius 2 is 1.92 bits per heavy atom. The van der Waals surface area contributed by atoms with Crippen LogP contribution in [0, 0.1) is 0 Å². The van der Waals surface area contributed by atoms with E-state index in [2.05, 4.69) is 10.2 Å². The third kappa shape index (κ3) is 2.73. The maximum Gasteiger partial charge on any atom is 0.243 e. The van der Waals surface area contributed by atoms with Gasteiger partial charge in [-0.1, -0.05) is 0 Å². The number of aromatic amines is 1. The van der Waals surface area contributed by atoms with E-state index in [1.54, 1.807) is 36.5 Å². The molecule has 0 atom stereocenters. The van der Waals surface area contributed by atoms with Crippen LogP contribution in [-0.2, 0) is 10.0 Å². The van der Waals surface area contributed by atoms with Crippen molar-refractivity contribution in [1.82, 2.24) is 14.5 Å². The molecule has 3 aromatic rings. The van der Waals surface area contributed by atoms with Gasteiger partial charge in [0, 0.05) is 31.2 Å². The number of phenols is 1. The van der Waals surface area contributed by atoms with E-state index in [4.69, 9.17) is 0 Å².